The van der Waals surface area contributed by atoms with Crippen LogP contribution in [-0.4, -0.2) is 41.9 Å². The molecule has 2 aliphatic carbocycles. The fourth-order valence-electron chi connectivity index (χ4n) is 5.04. The van der Waals surface area contributed by atoms with E-state index in [0.717, 1.165) is 37.0 Å². The van der Waals surface area contributed by atoms with Crippen LogP contribution in [0, 0.1) is 17.8 Å². The molecule has 2 aliphatic rings. The van der Waals surface area contributed by atoms with E-state index in [1.54, 1.807) is 18.4 Å². The number of hydrogen-bond acceptors (Lipinski definition) is 6. The third-order valence-electron chi connectivity index (χ3n) is 7.50. The Labute approximate surface area is 206 Å². The van der Waals surface area contributed by atoms with Gasteiger partial charge in [0.25, 0.3) is 5.91 Å². The number of aromatic nitrogens is 5. The molecule has 9 nitrogen and oxygen atoms in total. The first-order valence-corrected chi connectivity index (χ1v) is 12.9. The molecule has 0 saturated heterocycles. The van der Waals surface area contributed by atoms with E-state index in [1.165, 1.54) is 31.9 Å². The number of carbonyl (C=O) groups is 1. The summed E-state index contributed by atoms with van der Waals surface area (Å²) in [5.74, 6) is 2.58. The normalized spacial score (nSPS) is 21.0. The topological polar surface area (TPSA) is 109 Å². The highest BCUT2D eigenvalue weighted by atomic mass is 16.3. The van der Waals surface area contributed by atoms with Crippen molar-refractivity contribution in [3.8, 4) is 0 Å². The maximum absolute atomic E-state index is 13.3. The van der Waals surface area contributed by atoms with Crippen molar-refractivity contribution in [2.75, 3.05) is 17.2 Å². The van der Waals surface area contributed by atoms with Gasteiger partial charge in [-0.05, 0) is 76.2 Å². The number of nitrogens with one attached hydrogen (secondary N) is 2. The second kappa shape index (κ2) is 9.26. The molecule has 5 rings (SSSR count). The minimum Gasteiger partial charge on any atom is -0.384 e. The van der Waals surface area contributed by atoms with Gasteiger partial charge in [-0.15, -0.1) is 0 Å². The summed E-state index contributed by atoms with van der Waals surface area (Å²) in [4.78, 5) is 17.9. The predicted octanol–water partition coefficient (Wildman–Crippen LogP) is 4.61. The fourth-order valence-corrected chi connectivity index (χ4v) is 5.04. The lowest BCUT2D eigenvalue weighted by atomic mass is 9.80. The van der Waals surface area contributed by atoms with Crippen LogP contribution in [0.1, 0.15) is 88.3 Å². The molecule has 0 bridgehead atoms. The first kappa shape index (κ1) is 23.8. The number of fused-ring (bicyclic) bond motifs is 1. The summed E-state index contributed by atoms with van der Waals surface area (Å²) in [6, 6.07) is 2.14. The molecule has 9 heteroatoms. The lowest BCUT2D eigenvalue weighted by Gasteiger charge is -2.31. The highest BCUT2D eigenvalue weighted by Crippen LogP contribution is 2.37. The van der Waals surface area contributed by atoms with Gasteiger partial charge in [0, 0.05) is 18.9 Å². The van der Waals surface area contributed by atoms with E-state index >= 15 is 0 Å². The molecule has 0 atom stereocenters. The maximum Gasteiger partial charge on any atom is 0.261 e. The molecule has 1 amide bonds. The lowest BCUT2D eigenvalue weighted by molar-refractivity contribution is 0.0729. The third-order valence-corrected chi connectivity index (χ3v) is 7.50. The van der Waals surface area contributed by atoms with Crippen molar-refractivity contribution >= 4 is 23.1 Å². The van der Waals surface area contributed by atoms with Crippen LogP contribution in [0.4, 0.5) is 11.5 Å². The van der Waals surface area contributed by atoms with Crippen LogP contribution in [0.15, 0.2) is 24.7 Å². The molecule has 3 N–H and O–H groups in total. The van der Waals surface area contributed by atoms with Crippen molar-refractivity contribution in [2.45, 2.75) is 77.9 Å². The molecule has 188 valence electrons. The van der Waals surface area contributed by atoms with Gasteiger partial charge in [0.15, 0.2) is 5.65 Å². The first-order valence-electron chi connectivity index (χ1n) is 12.9. The molecule has 0 spiro atoms. The van der Waals surface area contributed by atoms with E-state index in [4.69, 9.17) is 5.10 Å². The molecule has 0 radical (unpaired) electrons. The Morgan fingerprint density at radius 1 is 1.20 bits per heavy atom. The molecule has 0 unspecified atom stereocenters. The summed E-state index contributed by atoms with van der Waals surface area (Å²) in [6.45, 7) is 8.87. The molecular weight excluding hydrogens is 442 g/mol. The van der Waals surface area contributed by atoms with Crippen molar-refractivity contribution in [3.05, 3.63) is 35.9 Å². The standard InChI is InChI=1S/C26H37N7O2/c1-16(2)18-7-9-19(10-8-18)33-15-21(23(31-33)26(3,4)35)29-25(34)20-14-28-32-12-11-22(30-24(20)32)27-13-17-5-6-17/h11-12,14-19,35H,5-10,13H2,1-4H3,(H,27,30)(H,29,34)/t18-,19-. The summed E-state index contributed by atoms with van der Waals surface area (Å²) in [7, 11) is 0. The van der Waals surface area contributed by atoms with Crippen molar-refractivity contribution in [1.82, 2.24) is 24.4 Å². The Morgan fingerprint density at radius 2 is 1.94 bits per heavy atom. The van der Waals surface area contributed by atoms with Gasteiger partial charge in [-0.2, -0.15) is 10.2 Å². The SMILES string of the molecule is CC(C)[C@H]1CC[C@H](n2cc(NC(=O)c3cnn4ccc(NCC5CC5)nc34)c(C(C)(C)O)n2)CC1. The number of amides is 1. The molecule has 3 aromatic rings. The van der Waals surface area contributed by atoms with Crippen LogP contribution in [0.25, 0.3) is 5.65 Å². The van der Waals surface area contributed by atoms with Crippen LogP contribution in [-0.2, 0) is 5.60 Å². The predicted molar refractivity (Wildman–Crippen MR) is 135 cm³/mol. The van der Waals surface area contributed by atoms with Crippen LogP contribution in [0.3, 0.4) is 0 Å². The van der Waals surface area contributed by atoms with Crippen LogP contribution in [0.5, 0.6) is 0 Å². The molecule has 0 aliphatic heterocycles. The summed E-state index contributed by atoms with van der Waals surface area (Å²) >= 11 is 0. The zero-order valence-corrected chi connectivity index (χ0v) is 21.2. The number of aliphatic hydroxyl groups is 1. The summed E-state index contributed by atoms with van der Waals surface area (Å²) in [5, 5.41) is 26.2. The Balaban J connectivity index is 1.36. The van der Waals surface area contributed by atoms with Gasteiger partial charge in [-0.3, -0.25) is 9.48 Å². The van der Waals surface area contributed by atoms with Gasteiger partial charge >= 0.3 is 0 Å². The second-order valence-electron chi connectivity index (χ2n) is 11.2. The summed E-state index contributed by atoms with van der Waals surface area (Å²) in [6.07, 6.45) is 12.2. The van der Waals surface area contributed by atoms with Crippen LogP contribution < -0.4 is 10.6 Å². The van der Waals surface area contributed by atoms with E-state index in [1.807, 2.05) is 23.1 Å². The Hall–Kier alpha value is -2.94. The molecule has 3 aromatic heterocycles. The van der Waals surface area contributed by atoms with Crippen molar-refractivity contribution in [1.29, 1.82) is 0 Å². The van der Waals surface area contributed by atoms with Gasteiger partial charge in [0.2, 0.25) is 0 Å². The van der Waals surface area contributed by atoms with Gasteiger partial charge < -0.3 is 15.7 Å². The average Bonchev–Trinajstić information content (AvgIpc) is 3.39. The van der Waals surface area contributed by atoms with Gasteiger partial charge in [-0.25, -0.2) is 9.50 Å². The van der Waals surface area contributed by atoms with E-state index in [9.17, 15) is 9.90 Å². The Kier molecular flexibility index (Phi) is 6.29. The fraction of sp³-hybridized carbons (Fsp3) is 0.615. The number of nitrogens with zero attached hydrogens (tertiary/aromatic N) is 5. The first-order chi connectivity index (χ1) is 16.7. The molecule has 35 heavy (non-hydrogen) atoms. The molecular formula is C26H37N7O2. The van der Waals surface area contributed by atoms with Crippen molar-refractivity contribution < 1.29 is 9.90 Å². The smallest absolute Gasteiger partial charge is 0.261 e. The second-order valence-corrected chi connectivity index (χ2v) is 11.2. The average molecular weight is 480 g/mol. The zero-order chi connectivity index (χ0) is 24.7. The van der Waals surface area contributed by atoms with Gasteiger partial charge in [0.1, 0.15) is 22.7 Å². The van der Waals surface area contributed by atoms with E-state index in [0.29, 0.717) is 28.5 Å². The monoisotopic (exact) mass is 479 g/mol. The van der Waals surface area contributed by atoms with E-state index in [-0.39, 0.29) is 11.9 Å². The lowest BCUT2D eigenvalue weighted by Crippen LogP contribution is -2.23. The number of anilines is 2. The Morgan fingerprint density at radius 3 is 2.60 bits per heavy atom. The minimum atomic E-state index is -1.19. The molecule has 3 heterocycles. The van der Waals surface area contributed by atoms with E-state index < -0.39 is 5.60 Å². The molecule has 2 saturated carbocycles. The van der Waals surface area contributed by atoms with E-state index in [2.05, 4.69) is 34.6 Å². The summed E-state index contributed by atoms with van der Waals surface area (Å²) < 4.78 is 3.54. The molecule has 0 aromatic carbocycles. The highest BCUT2D eigenvalue weighted by molar-refractivity contribution is 6.08. The quantitative estimate of drug-likeness (QED) is 0.435. The van der Waals surface area contributed by atoms with Crippen LogP contribution >= 0.6 is 0 Å². The number of carbonyl (C=O) groups excluding carboxylic acids is 1. The van der Waals surface area contributed by atoms with Gasteiger partial charge in [-0.1, -0.05) is 13.8 Å². The van der Waals surface area contributed by atoms with Crippen molar-refractivity contribution in [3.63, 3.8) is 0 Å². The maximum atomic E-state index is 13.3. The zero-order valence-electron chi connectivity index (χ0n) is 21.2. The van der Waals surface area contributed by atoms with Gasteiger partial charge in [0.05, 0.1) is 17.9 Å². The number of hydrogen-bond donors (Lipinski definition) is 3. The van der Waals surface area contributed by atoms with Crippen molar-refractivity contribution in [2.24, 2.45) is 17.8 Å². The third kappa shape index (κ3) is 5.19. The highest BCUT2D eigenvalue weighted by Gasteiger charge is 2.30. The Bertz CT molecular complexity index is 1190. The summed E-state index contributed by atoms with van der Waals surface area (Å²) in [5.41, 5.74) is 0.672. The molecule has 2 fully saturated rings. The minimum absolute atomic E-state index is 0.274. The largest absolute Gasteiger partial charge is 0.384 e. The number of rotatable bonds is 8. The van der Waals surface area contributed by atoms with Crippen LogP contribution in [0.2, 0.25) is 0 Å².